The number of hydrogen-bond donors (Lipinski definition) is 1. The predicted molar refractivity (Wildman–Crippen MR) is 83.9 cm³/mol. The van der Waals surface area contributed by atoms with E-state index < -0.39 is 5.60 Å². The van der Waals surface area contributed by atoms with Crippen molar-refractivity contribution in [1.29, 1.82) is 0 Å². The first-order valence-corrected chi connectivity index (χ1v) is 8.29. The molecule has 1 N–H and O–H groups in total. The molecule has 0 aliphatic carbocycles. The lowest BCUT2D eigenvalue weighted by molar-refractivity contribution is 0.0277. The molecule has 1 amide bonds. The predicted octanol–water partition coefficient (Wildman–Crippen LogP) is 2.83. The molecule has 0 aromatic carbocycles. The van der Waals surface area contributed by atoms with Crippen molar-refractivity contribution in [1.82, 2.24) is 10.2 Å². The minimum absolute atomic E-state index is 0.248. The monoisotopic (exact) mass is 290 g/mol. The van der Waals surface area contributed by atoms with Crippen molar-refractivity contribution >= 4 is 17.9 Å². The summed E-state index contributed by atoms with van der Waals surface area (Å²) in [4.78, 5) is 13.4. The molecule has 4 nitrogen and oxygen atoms in total. The van der Waals surface area contributed by atoms with Gasteiger partial charge in [-0.1, -0.05) is 6.92 Å². The maximum absolute atomic E-state index is 11.8. The largest absolute Gasteiger partial charge is 0.444 e. The van der Waals surface area contributed by atoms with Gasteiger partial charge in [0.2, 0.25) is 0 Å². The molecular weight excluding hydrogens is 260 g/mol. The van der Waals surface area contributed by atoms with Crippen molar-refractivity contribution < 1.29 is 9.53 Å². The molecule has 1 unspecified atom stereocenters. The fourth-order valence-electron chi connectivity index (χ4n) is 1.64. The molecule has 0 heterocycles. The molecule has 0 aromatic heterocycles. The van der Waals surface area contributed by atoms with Gasteiger partial charge >= 0.3 is 6.09 Å². The normalized spacial score (nSPS) is 13.2. The fraction of sp³-hybridized carbons (Fsp3) is 0.929. The second kappa shape index (κ2) is 9.48. The van der Waals surface area contributed by atoms with E-state index in [-0.39, 0.29) is 6.09 Å². The van der Waals surface area contributed by atoms with E-state index in [2.05, 4.69) is 18.5 Å². The van der Waals surface area contributed by atoms with E-state index >= 15 is 0 Å². The number of amides is 1. The first-order chi connectivity index (χ1) is 8.76. The van der Waals surface area contributed by atoms with Crippen LogP contribution in [0.3, 0.4) is 0 Å². The summed E-state index contributed by atoms with van der Waals surface area (Å²) in [6, 6.07) is 0. The third-order valence-corrected chi connectivity index (χ3v) is 3.18. The molecule has 0 bridgehead atoms. The van der Waals surface area contributed by atoms with Crippen LogP contribution in [0.1, 0.15) is 34.1 Å². The lowest BCUT2D eigenvalue weighted by atomic mass is 10.1. The Balaban J connectivity index is 3.79. The Morgan fingerprint density at radius 2 is 2.05 bits per heavy atom. The first kappa shape index (κ1) is 18.6. The highest BCUT2D eigenvalue weighted by Crippen LogP contribution is 2.10. The zero-order valence-electron chi connectivity index (χ0n) is 13.3. The van der Waals surface area contributed by atoms with Crippen LogP contribution in [0.25, 0.3) is 0 Å². The topological polar surface area (TPSA) is 41.6 Å². The average Bonchev–Trinajstić information content (AvgIpc) is 2.26. The van der Waals surface area contributed by atoms with Crippen molar-refractivity contribution in [2.24, 2.45) is 5.92 Å². The summed E-state index contributed by atoms with van der Waals surface area (Å²) in [7, 11) is 1.79. The minimum atomic E-state index is -0.426. The highest BCUT2D eigenvalue weighted by Gasteiger charge is 2.20. The number of hydrogen-bond acceptors (Lipinski definition) is 4. The number of nitrogens with zero attached hydrogens (tertiary/aromatic N) is 1. The SMILES string of the molecule is CSCCCNCC(C)CN(C)C(=O)OC(C)(C)C. The number of ether oxygens (including phenoxy) is 1. The van der Waals surface area contributed by atoms with Gasteiger partial charge in [0.25, 0.3) is 0 Å². The molecule has 19 heavy (non-hydrogen) atoms. The number of carbonyl (C=O) groups excluding carboxylic acids is 1. The number of rotatable bonds is 8. The molecule has 114 valence electrons. The van der Waals surface area contributed by atoms with Gasteiger partial charge in [-0.3, -0.25) is 0 Å². The molecule has 0 radical (unpaired) electrons. The molecule has 0 aliphatic heterocycles. The highest BCUT2D eigenvalue weighted by atomic mass is 32.2. The maximum atomic E-state index is 11.8. The number of carbonyl (C=O) groups is 1. The summed E-state index contributed by atoms with van der Waals surface area (Å²) in [6.07, 6.45) is 3.07. The first-order valence-electron chi connectivity index (χ1n) is 6.90. The Morgan fingerprint density at radius 1 is 1.42 bits per heavy atom. The molecule has 5 heteroatoms. The van der Waals surface area contributed by atoms with Gasteiger partial charge in [-0.15, -0.1) is 0 Å². The molecule has 0 spiro atoms. The van der Waals surface area contributed by atoms with Crippen LogP contribution in [-0.2, 0) is 4.74 Å². The third-order valence-electron chi connectivity index (χ3n) is 2.49. The van der Waals surface area contributed by atoms with Crippen LogP contribution in [0.15, 0.2) is 0 Å². The zero-order valence-corrected chi connectivity index (χ0v) is 14.1. The summed E-state index contributed by atoms with van der Waals surface area (Å²) in [5.41, 5.74) is -0.426. The smallest absolute Gasteiger partial charge is 0.410 e. The number of nitrogens with one attached hydrogen (secondary N) is 1. The maximum Gasteiger partial charge on any atom is 0.410 e. The Kier molecular flexibility index (Phi) is 9.27. The van der Waals surface area contributed by atoms with Crippen molar-refractivity contribution in [3.63, 3.8) is 0 Å². The molecule has 1 atom stereocenters. The van der Waals surface area contributed by atoms with Crippen LogP contribution in [0, 0.1) is 5.92 Å². The lowest BCUT2D eigenvalue weighted by Gasteiger charge is -2.26. The Hall–Kier alpha value is -0.420. The standard InChI is InChI=1S/C14H30N2O2S/c1-12(10-15-8-7-9-19-6)11-16(5)13(17)18-14(2,3)4/h12,15H,7-11H2,1-6H3. The number of thioether (sulfide) groups is 1. The van der Waals surface area contributed by atoms with Crippen molar-refractivity contribution in [2.45, 2.75) is 39.7 Å². The van der Waals surface area contributed by atoms with Gasteiger partial charge in [0, 0.05) is 13.6 Å². The molecule has 0 rings (SSSR count). The summed E-state index contributed by atoms with van der Waals surface area (Å²) < 4.78 is 5.32. The van der Waals surface area contributed by atoms with E-state index in [4.69, 9.17) is 4.74 Å². The molecule has 0 saturated heterocycles. The van der Waals surface area contributed by atoms with E-state index in [1.165, 1.54) is 12.2 Å². The van der Waals surface area contributed by atoms with Gasteiger partial charge < -0.3 is 15.0 Å². The zero-order chi connectivity index (χ0) is 14.9. The summed E-state index contributed by atoms with van der Waals surface area (Å²) >= 11 is 1.87. The van der Waals surface area contributed by atoms with Crippen LogP contribution in [-0.4, -0.2) is 55.3 Å². The van der Waals surface area contributed by atoms with E-state index in [0.29, 0.717) is 12.5 Å². The fourth-order valence-corrected chi connectivity index (χ4v) is 2.07. The second-order valence-electron chi connectivity index (χ2n) is 6.02. The van der Waals surface area contributed by atoms with Gasteiger partial charge in [0.15, 0.2) is 0 Å². The van der Waals surface area contributed by atoms with E-state index in [1.54, 1.807) is 11.9 Å². The van der Waals surface area contributed by atoms with Crippen LogP contribution < -0.4 is 5.32 Å². The van der Waals surface area contributed by atoms with Gasteiger partial charge in [0.1, 0.15) is 5.60 Å². The van der Waals surface area contributed by atoms with Crippen LogP contribution in [0.2, 0.25) is 0 Å². The van der Waals surface area contributed by atoms with Crippen molar-refractivity contribution in [3.05, 3.63) is 0 Å². The quantitative estimate of drug-likeness (QED) is 0.698. The van der Waals surface area contributed by atoms with Crippen molar-refractivity contribution in [2.75, 3.05) is 38.7 Å². The van der Waals surface area contributed by atoms with Crippen LogP contribution >= 0.6 is 11.8 Å². The molecule has 0 aromatic rings. The molecule has 0 saturated carbocycles. The molecule has 0 fully saturated rings. The third kappa shape index (κ3) is 11.1. The summed E-state index contributed by atoms with van der Waals surface area (Å²) in [5, 5.41) is 3.42. The average molecular weight is 290 g/mol. The highest BCUT2D eigenvalue weighted by molar-refractivity contribution is 7.98. The van der Waals surface area contributed by atoms with E-state index in [9.17, 15) is 4.79 Å². The second-order valence-corrected chi connectivity index (χ2v) is 7.00. The van der Waals surface area contributed by atoms with Crippen LogP contribution in [0.5, 0.6) is 0 Å². The lowest BCUT2D eigenvalue weighted by Crippen LogP contribution is -2.38. The van der Waals surface area contributed by atoms with Gasteiger partial charge in [-0.2, -0.15) is 11.8 Å². The van der Waals surface area contributed by atoms with Gasteiger partial charge in [-0.25, -0.2) is 4.79 Å². The molecular formula is C14H30N2O2S. The van der Waals surface area contributed by atoms with Gasteiger partial charge in [0.05, 0.1) is 0 Å². The van der Waals surface area contributed by atoms with E-state index in [0.717, 1.165) is 13.1 Å². The Morgan fingerprint density at radius 3 is 2.58 bits per heavy atom. The minimum Gasteiger partial charge on any atom is -0.444 e. The van der Waals surface area contributed by atoms with E-state index in [1.807, 2.05) is 32.5 Å². The van der Waals surface area contributed by atoms with Gasteiger partial charge in [-0.05, 0) is 58.2 Å². The molecule has 0 aliphatic rings. The van der Waals surface area contributed by atoms with Crippen LogP contribution in [0.4, 0.5) is 4.79 Å². The Labute approximate surface area is 122 Å². The Bertz CT molecular complexity index is 254. The summed E-state index contributed by atoms with van der Waals surface area (Å²) in [5.74, 6) is 1.62. The summed E-state index contributed by atoms with van der Waals surface area (Å²) in [6.45, 7) is 10.5. The van der Waals surface area contributed by atoms with Crippen molar-refractivity contribution in [3.8, 4) is 0 Å².